The number of hydrogen-bond acceptors (Lipinski definition) is 4. The Bertz CT molecular complexity index is 396. The fourth-order valence-corrected chi connectivity index (χ4v) is 2.44. The Morgan fingerprint density at radius 1 is 1.41 bits per heavy atom. The molecule has 1 fully saturated rings. The van der Waals surface area contributed by atoms with Gasteiger partial charge in [-0.3, -0.25) is 0 Å². The maximum Gasteiger partial charge on any atom is 0.140 e. The van der Waals surface area contributed by atoms with Crippen molar-refractivity contribution in [1.29, 1.82) is 5.26 Å². The van der Waals surface area contributed by atoms with E-state index in [9.17, 15) is 5.11 Å². The van der Waals surface area contributed by atoms with Gasteiger partial charge in [-0.1, -0.05) is 6.42 Å². The molecule has 0 bridgehead atoms. The molecule has 90 valence electrons. The summed E-state index contributed by atoms with van der Waals surface area (Å²) in [4.78, 5) is 4.01. The second kappa shape index (κ2) is 5.65. The maximum atomic E-state index is 9.23. The Morgan fingerprint density at radius 2 is 2.24 bits per heavy atom. The average Bonchev–Trinajstić information content (AvgIpc) is 2.84. The number of aliphatic hydroxyl groups excluding tert-OH is 1. The highest BCUT2D eigenvalue weighted by Crippen LogP contribution is 2.31. The Hall–Kier alpha value is -1.60. The molecule has 2 rings (SSSR count). The van der Waals surface area contributed by atoms with Crippen LogP contribution in [0, 0.1) is 23.2 Å². The molecule has 1 heterocycles. The zero-order valence-corrected chi connectivity index (χ0v) is 9.76. The van der Waals surface area contributed by atoms with Crippen molar-refractivity contribution in [2.24, 2.45) is 11.8 Å². The number of nitriles is 1. The van der Waals surface area contributed by atoms with E-state index in [0.29, 0.717) is 17.5 Å². The third-order valence-electron chi connectivity index (χ3n) is 3.50. The molecule has 1 aliphatic carbocycles. The molecular formula is C13H17N3O. The lowest BCUT2D eigenvalue weighted by molar-refractivity contribution is 0.199. The predicted octanol–water partition coefficient (Wildman–Crippen LogP) is 1.77. The van der Waals surface area contributed by atoms with Crippen molar-refractivity contribution in [2.75, 3.05) is 18.5 Å². The fourth-order valence-electron chi connectivity index (χ4n) is 2.44. The molecule has 0 aromatic carbocycles. The Kier molecular flexibility index (Phi) is 3.94. The van der Waals surface area contributed by atoms with Gasteiger partial charge in [0.05, 0.1) is 11.9 Å². The lowest BCUT2D eigenvalue weighted by Crippen LogP contribution is -2.20. The lowest BCUT2D eigenvalue weighted by atomic mass is 9.97. The van der Waals surface area contributed by atoms with Crippen LogP contribution in [0.1, 0.15) is 25.0 Å². The van der Waals surface area contributed by atoms with Crippen molar-refractivity contribution in [1.82, 2.24) is 4.98 Å². The summed E-state index contributed by atoms with van der Waals surface area (Å²) in [7, 11) is 0. The van der Waals surface area contributed by atoms with Crippen LogP contribution < -0.4 is 5.32 Å². The molecule has 1 aliphatic rings. The minimum absolute atomic E-state index is 0.290. The first-order valence-corrected chi connectivity index (χ1v) is 6.04. The SMILES string of the molecule is N#Cc1ccc(NCC2CCCC2CO)cn1. The first-order chi connectivity index (χ1) is 8.33. The molecule has 4 nitrogen and oxygen atoms in total. The summed E-state index contributed by atoms with van der Waals surface area (Å²) in [6, 6.07) is 5.57. The fraction of sp³-hybridized carbons (Fsp3) is 0.538. The van der Waals surface area contributed by atoms with Crippen LogP contribution in [0.3, 0.4) is 0 Å². The number of rotatable bonds is 4. The van der Waals surface area contributed by atoms with E-state index in [-0.39, 0.29) is 6.61 Å². The Morgan fingerprint density at radius 3 is 2.88 bits per heavy atom. The van der Waals surface area contributed by atoms with Crippen LogP contribution in [0.5, 0.6) is 0 Å². The first-order valence-electron chi connectivity index (χ1n) is 6.04. The van der Waals surface area contributed by atoms with Crippen molar-refractivity contribution < 1.29 is 5.11 Å². The third kappa shape index (κ3) is 2.95. The van der Waals surface area contributed by atoms with Gasteiger partial charge in [0.2, 0.25) is 0 Å². The van der Waals surface area contributed by atoms with Gasteiger partial charge in [-0.25, -0.2) is 4.98 Å². The first kappa shape index (κ1) is 11.9. The van der Waals surface area contributed by atoms with Gasteiger partial charge in [0.1, 0.15) is 11.8 Å². The highest BCUT2D eigenvalue weighted by atomic mass is 16.3. The van der Waals surface area contributed by atoms with Gasteiger partial charge in [0.15, 0.2) is 0 Å². The van der Waals surface area contributed by atoms with Crippen molar-refractivity contribution >= 4 is 5.69 Å². The molecule has 1 aromatic heterocycles. The van der Waals surface area contributed by atoms with E-state index in [2.05, 4.69) is 10.3 Å². The van der Waals surface area contributed by atoms with E-state index in [1.807, 2.05) is 12.1 Å². The van der Waals surface area contributed by atoms with Crippen LogP contribution in [0.15, 0.2) is 18.3 Å². The van der Waals surface area contributed by atoms with Gasteiger partial charge in [-0.15, -0.1) is 0 Å². The largest absolute Gasteiger partial charge is 0.396 e. The smallest absolute Gasteiger partial charge is 0.140 e. The van der Waals surface area contributed by atoms with Crippen LogP contribution in [0.2, 0.25) is 0 Å². The normalized spacial score (nSPS) is 23.3. The van der Waals surface area contributed by atoms with E-state index in [1.165, 1.54) is 12.8 Å². The van der Waals surface area contributed by atoms with E-state index < -0.39 is 0 Å². The van der Waals surface area contributed by atoms with Crippen molar-refractivity contribution in [3.05, 3.63) is 24.0 Å². The molecule has 0 aliphatic heterocycles. The van der Waals surface area contributed by atoms with Gasteiger partial charge in [0.25, 0.3) is 0 Å². The summed E-state index contributed by atoms with van der Waals surface area (Å²) in [5, 5.41) is 21.2. The van der Waals surface area contributed by atoms with Crippen LogP contribution in [-0.2, 0) is 0 Å². The quantitative estimate of drug-likeness (QED) is 0.828. The molecule has 0 amide bonds. The molecule has 0 radical (unpaired) electrons. The molecule has 2 atom stereocenters. The summed E-state index contributed by atoms with van der Waals surface area (Å²) in [5.74, 6) is 0.990. The van der Waals surface area contributed by atoms with Crippen LogP contribution >= 0.6 is 0 Å². The standard InChI is InChI=1S/C13H17N3O/c14-6-12-4-5-13(8-16-12)15-7-10-2-1-3-11(10)9-17/h4-5,8,10-11,15,17H,1-3,7,9H2. The summed E-state index contributed by atoms with van der Waals surface area (Å²) in [5.41, 5.74) is 1.37. The second-order valence-electron chi connectivity index (χ2n) is 4.56. The summed E-state index contributed by atoms with van der Waals surface area (Å²) in [6.07, 6.45) is 5.21. The van der Waals surface area contributed by atoms with Crippen molar-refractivity contribution in [2.45, 2.75) is 19.3 Å². The number of nitrogens with zero attached hydrogens (tertiary/aromatic N) is 2. The highest BCUT2D eigenvalue weighted by Gasteiger charge is 2.26. The topological polar surface area (TPSA) is 68.9 Å². The summed E-state index contributed by atoms with van der Waals surface area (Å²) >= 11 is 0. The number of pyridine rings is 1. The highest BCUT2D eigenvalue weighted by molar-refractivity contribution is 5.42. The molecular weight excluding hydrogens is 214 g/mol. The van der Waals surface area contributed by atoms with E-state index in [1.54, 1.807) is 12.3 Å². The Labute approximate surface area is 101 Å². The third-order valence-corrected chi connectivity index (χ3v) is 3.50. The number of aromatic nitrogens is 1. The molecule has 4 heteroatoms. The van der Waals surface area contributed by atoms with E-state index in [4.69, 9.17) is 5.26 Å². The Balaban J connectivity index is 1.87. The predicted molar refractivity (Wildman–Crippen MR) is 65.4 cm³/mol. The maximum absolute atomic E-state index is 9.23. The van der Waals surface area contributed by atoms with Crippen molar-refractivity contribution in [3.63, 3.8) is 0 Å². The monoisotopic (exact) mass is 231 g/mol. The zero-order valence-electron chi connectivity index (χ0n) is 9.76. The molecule has 2 unspecified atom stereocenters. The van der Waals surface area contributed by atoms with E-state index >= 15 is 0 Å². The van der Waals surface area contributed by atoms with Gasteiger partial charge in [0, 0.05) is 13.2 Å². The van der Waals surface area contributed by atoms with Crippen molar-refractivity contribution in [3.8, 4) is 6.07 Å². The minimum Gasteiger partial charge on any atom is -0.396 e. The van der Waals surface area contributed by atoms with Gasteiger partial charge in [-0.2, -0.15) is 5.26 Å². The number of nitrogens with one attached hydrogen (secondary N) is 1. The number of aliphatic hydroxyl groups is 1. The molecule has 17 heavy (non-hydrogen) atoms. The molecule has 0 spiro atoms. The van der Waals surface area contributed by atoms with Gasteiger partial charge < -0.3 is 10.4 Å². The zero-order chi connectivity index (χ0) is 12.1. The summed E-state index contributed by atoms with van der Waals surface area (Å²) in [6.45, 7) is 1.16. The summed E-state index contributed by atoms with van der Waals surface area (Å²) < 4.78 is 0. The van der Waals surface area contributed by atoms with Crippen LogP contribution in [0.25, 0.3) is 0 Å². The number of anilines is 1. The van der Waals surface area contributed by atoms with Gasteiger partial charge >= 0.3 is 0 Å². The molecule has 1 aromatic rings. The molecule has 2 N–H and O–H groups in total. The second-order valence-corrected chi connectivity index (χ2v) is 4.56. The van der Waals surface area contributed by atoms with Crippen LogP contribution in [0.4, 0.5) is 5.69 Å². The van der Waals surface area contributed by atoms with Crippen LogP contribution in [-0.4, -0.2) is 23.2 Å². The molecule has 1 saturated carbocycles. The minimum atomic E-state index is 0.290. The van der Waals surface area contributed by atoms with E-state index in [0.717, 1.165) is 18.7 Å². The number of hydrogen-bond donors (Lipinski definition) is 2. The lowest BCUT2D eigenvalue weighted by Gasteiger charge is -2.18. The average molecular weight is 231 g/mol. The van der Waals surface area contributed by atoms with Gasteiger partial charge in [-0.05, 0) is 36.8 Å². The molecule has 0 saturated heterocycles.